The normalized spacial score (nSPS) is 34.8. The maximum absolute atomic E-state index is 3.73. The quantitative estimate of drug-likeness (QED) is 0.875. The average molecular weight is 256 g/mol. The van der Waals surface area contributed by atoms with Crippen molar-refractivity contribution in [2.45, 2.75) is 56.7 Å². The molecule has 3 atom stereocenters. The minimum atomic E-state index is 0.700. The van der Waals surface area contributed by atoms with Gasteiger partial charge >= 0.3 is 0 Å². The molecule has 3 aliphatic rings. The van der Waals surface area contributed by atoms with Crippen molar-refractivity contribution in [3.8, 4) is 0 Å². The van der Waals surface area contributed by atoms with E-state index in [1.807, 2.05) is 0 Å². The topological polar surface area (TPSA) is 15.3 Å². The first-order valence-electron chi connectivity index (χ1n) is 8.00. The van der Waals surface area contributed by atoms with Crippen LogP contribution in [0, 0.1) is 0 Å². The van der Waals surface area contributed by atoms with Crippen molar-refractivity contribution in [3.63, 3.8) is 0 Å². The Labute approximate surface area is 116 Å². The summed E-state index contributed by atoms with van der Waals surface area (Å²) in [5, 5.41) is 3.73. The molecule has 0 aromatic heterocycles. The van der Waals surface area contributed by atoms with Gasteiger partial charge in [0.1, 0.15) is 0 Å². The van der Waals surface area contributed by atoms with Crippen molar-refractivity contribution in [1.29, 1.82) is 0 Å². The van der Waals surface area contributed by atoms with Crippen LogP contribution in [0.1, 0.15) is 49.3 Å². The van der Waals surface area contributed by atoms with E-state index in [1.54, 1.807) is 11.1 Å². The number of hydrogen-bond acceptors (Lipinski definition) is 2. The molecule has 2 heteroatoms. The van der Waals surface area contributed by atoms with Gasteiger partial charge in [0.15, 0.2) is 0 Å². The summed E-state index contributed by atoms with van der Waals surface area (Å²) in [7, 11) is 0. The zero-order valence-electron chi connectivity index (χ0n) is 11.6. The Bertz CT molecular complexity index is 450. The molecule has 3 unspecified atom stereocenters. The van der Waals surface area contributed by atoms with Gasteiger partial charge in [-0.25, -0.2) is 0 Å². The van der Waals surface area contributed by atoms with Gasteiger partial charge in [-0.1, -0.05) is 24.3 Å². The van der Waals surface area contributed by atoms with Gasteiger partial charge in [-0.15, -0.1) is 0 Å². The van der Waals surface area contributed by atoms with Crippen LogP contribution in [0.3, 0.4) is 0 Å². The van der Waals surface area contributed by atoms with Crippen molar-refractivity contribution >= 4 is 0 Å². The van der Waals surface area contributed by atoms with E-state index in [0.29, 0.717) is 6.04 Å². The highest BCUT2D eigenvalue weighted by atomic mass is 15.2. The molecule has 1 aromatic rings. The van der Waals surface area contributed by atoms with Crippen molar-refractivity contribution in [2.24, 2.45) is 0 Å². The molecule has 102 valence electrons. The third-order valence-corrected chi connectivity index (χ3v) is 5.41. The summed E-state index contributed by atoms with van der Waals surface area (Å²) >= 11 is 0. The van der Waals surface area contributed by atoms with Gasteiger partial charge in [0.05, 0.1) is 0 Å². The first-order chi connectivity index (χ1) is 9.43. The molecular formula is C17H24N2. The van der Waals surface area contributed by atoms with E-state index < -0.39 is 0 Å². The number of likely N-dealkylation sites (tertiary alicyclic amines) is 1. The van der Waals surface area contributed by atoms with Gasteiger partial charge in [-0.3, -0.25) is 4.90 Å². The Kier molecular flexibility index (Phi) is 3.08. The lowest BCUT2D eigenvalue weighted by Gasteiger charge is -2.34. The van der Waals surface area contributed by atoms with E-state index in [-0.39, 0.29) is 0 Å². The van der Waals surface area contributed by atoms with Crippen LogP contribution < -0.4 is 5.32 Å². The fourth-order valence-electron chi connectivity index (χ4n) is 4.55. The second-order valence-corrected chi connectivity index (χ2v) is 6.40. The maximum atomic E-state index is 3.73. The van der Waals surface area contributed by atoms with Crippen LogP contribution in [-0.4, -0.2) is 30.1 Å². The first kappa shape index (κ1) is 11.9. The number of benzene rings is 1. The number of nitrogens with zero attached hydrogens (tertiary/aromatic N) is 1. The molecule has 1 N–H and O–H groups in total. The van der Waals surface area contributed by atoms with Gasteiger partial charge in [-0.05, 0) is 62.7 Å². The van der Waals surface area contributed by atoms with E-state index in [0.717, 1.165) is 12.1 Å². The van der Waals surface area contributed by atoms with Gasteiger partial charge < -0.3 is 5.32 Å². The molecule has 4 rings (SSSR count). The Morgan fingerprint density at radius 2 is 2.00 bits per heavy atom. The van der Waals surface area contributed by atoms with Crippen LogP contribution in [0.15, 0.2) is 24.3 Å². The van der Waals surface area contributed by atoms with Gasteiger partial charge in [0.2, 0.25) is 0 Å². The predicted molar refractivity (Wildman–Crippen MR) is 78.3 cm³/mol. The standard InChI is InChI=1S/C17H24N2/c1-2-6-14-13(5-1)9-10-16(14)19-12-4-8-17(19)15-7-3-11-18-15/h1-2,5-6,15-18H,3-4,7-12H2. The maximum Gasteiger partial charge on any atom is 0.0357 e. The molecule has 0 radical (unpaired) electrons. The van der Waals surface area contributed by atoms with E-state index in [9.17, 15) is 0 Å². The van der Waals surface area contributed by atoms with Crippen LogP contribution in [0.25, 0.3) is 0 Å². The van der Waals surface area contributed by atoms with Crippen LogP contribution in [0.4, 0.5) is 0 Å². The molecule has 2 fully saturated rings. The molecule has 0 spiro atoms. The van der Waals surface area contributed by atoms with Gasteiger partial charge in [-0.2, -0.15) is 0 Å². The SMILES string of the molecule is c1ccc2c(c1)CCC2N1CCCC1C1CCCN1. The van der Waals surface area contributed by atoms with E-state index >= 15 is 0 Å². The number of hydrogen-bond donors (Lipinski definition) is 1. The van der Waals surface area contributed by atoms with Crippen molar-refractivity contribution in [2.75, 3.05) is 13.1 Å². The summed E-state index contributed by atoms with van der Waals surface area (Å²) in [6.07, 6.45) is 8.16. The third-order valence-electron chi connectivity index (χ3n) is 5.41. The summed E-state index contributed by atoms with van der Waals surface area (Å²) in [4.78, 5) is 2.83. The highest BCUT2D eigenvalue weighted by Crippen LogP contribution is 2.40. The molecular weight excluding hydrogens is 232 g/mol. The lowest BCUT2D eigenvalue weighted by atomic mass is 10.0. The Morgan fingerprint density at radius 3 is 2.89 bits per heavy atom. The van der Waals surface area contributed by atoms with E-state index in [2.05, 4.69) is 34.5 Å². The van der Waals surface area contributed by atoms with Crippen LogP contribution in [0.2, 0.25) is 0 Å². The number of aryl methyl sites for hydroxylation is 1. The Hall–Kier alpha value is -0.860. The fraction of sp³-hybridized carbons (Fsp3) is 0.647. The molecule has 1 aliphatic carbocycles. The molecule has 2 heterocycles. The highest BCUT2D eigenvalue weighted by molar-refractivity contribution is 5.34. The highest BCUT2D eigenvalue weighted by Gasteiger charge is 2.39. The smallest absolute Gasteiger partial charge is 0.0357 e. The third kappa shape index (κ3) is 2.02. The molecule has 1 aromatic carbocycles. The van der Waals surface area contributed by atoms with Crippen LogP contribution >= 0.6 is 0 Å². The minimum Gasteiger partial charge on any atom is -0.312 e. The Morgan fingerprint density at radius 1 is 1.05 bits per heavy atom. The minimum absolute atomic E-state index is 0.700. The second-order valence-electron chi connectivity index (χ2n) is 6.40. The molecule has 0 bridgehead atoms. The number of rotatable bonds is 2. The molecule has 0 amide bonds. The largest absolute Gasteiger partial charge is 0.312 e. The summed E-state index contributed by atoms with van der Waals surface area (Å²) in [5.74, 6) is 0. The molecule has 2 saturated heterocycles. The molecule has 2 nitrogen and oxygen atoms in total. The zero-order chi connectivity index (χ0) is 12.7. The lowest BCUT2D eigenvalue weighted by molar-refractivity contribution is 0.152. The van der Waals surface area contributed by atoms with Gasteiger partial charge in [0, 0.05) is 18.1 Å². The predicted octanol–water partition coefficient (Wildman–Crippen LogP) is 2.89. The molecule has 2 aliphatic heterocycles. The summed E-state index contributed by atoms with van der Waals surface area (Å²) in [5.41, 5.74) is 3.21. The van der Waals surface area contributed by atoms with Crippen molar-refractivity contribution in [1.82, 2.24) is 10.2 Å². The van der Waals surface area contributed by atoms with Gasteiger partial charge in [0.25, 0.3) is 0 Å². The molecule has 19 heavy (non-hydrogen) atoms. The van der Waals surface area contributed by atoms with E-state index in [4.69, 9.17) is 0 Å². The monoisotopic (exact) mass is 256 g/mol. The summed E-state index contributed by atoms with van der Waals surface area (Å²) in [6.45, 7) is 2.54. The molecule has 0 saturated carbocycles. The van der Waals surface area contributed by atoms with E-state index in [1.165, 1.54) is 51.6 Å². The summed E-state index contributed by atoms with van der Waals surface area (Å²) in [6, 6.07) is 11.4. The summed E-state index contributed by atoms with van der Waals surface area (Å²) < 4.78 is 0. The zero-order valence-corrected chi connectivity index (χ0v) is 11.6. The average Bonchev–Trinajstić information content (AvgIpc) is 3.17. The number of nitrogens with one attached hydrogen (secondary N) is 1. The number of fused-ring (bicyclic) bond motifs is 1. The Balaban J connectivity index is 1.58. The fourth-order valence-corrected chi connectivity index (χ4v) is 4.55. The lowest BCUT2D eigenvalue weighted by Crippen LogP contribution is -2.45. The van der Waals surface area contributed by atoms with Crippen LogP contribution in [0.5, 0.6) is 0 Å². The van der Waals surface area contributed by atoms with Crippen molar-refractivity contribution < 1.29 is 0 Å². The first-order valence-corrected chi connectivity index (χ1v) is 8.00. The van der Waals surface area contributed by atoms with Crippen LogP contribution in [-0.2, 0) is 6.42 Å². The van der Waals surface area contributed by atoms with Crippen molar-refractivity contribution in [3.05, 3.63) is 35.4 Å². The second kappa shape index (κ2) is 4.92.